The molecule has 166 valence electrons. The fourth-order valence-electron chi connectivity index (χ4n) is 2.55. The van der Waals surface area contributed by atoms with Crippen molar-refractivity contribution in [3.63, 3.8) is 0 Å². The largest absolute Gasteiger partial charge is 0.278 e. The van der Waals surface area contributed by atoms with E-state index in [0.717, 1.165) is 10.5 Å². The molecule has 3 aromatic carbocycles. The number of amides is 2. The standard InChI is InChI=1S/C22H20ClN3O4S2/c1-15-6-10-17(11-7-15)31-14-21(27)24-25-22(28)16-8-12-18(13-9-16)32(29,30)26-20-5-3-2-4-19(20)23/h2-13,26H,14H2,1H3,(H,24,27)(H,25,28). The maximum absolute atomic E-state index is 12.5. The summed E-state index contributed by atoms with van der Waals surface area (Å²) in [5.41, 5.74) is 6.23. The first-order chi connectivity index (χ1) is 15.2. The zero-order valence-electron chi connectivity index (χ0n) is 17.0. The van der Waals surface area contributed by atoms with Gasteiger partial charge in [-0.1, -0.05) is 41.4 Å². The van der Waals surface area contributed by atoms with E-state index in [1.165, 1.54) is 36.0 Å². The van der Waals surface area contributed by atoms with Gasteiger partial charge in [-0.05, 0) is 55.5 Å². The predicted octanol–water partition coefficient (Wildman–Crippen LogP) is 4.00. The van der Waals surface area contributed by atoms with Crippen LogP contribution >= 0.6 is 23.4 Å². The van der Waals surface area contributed by atoms with Crippen LogP contribution in [0.5, 0.6) is 0 Å². The summed E-state index contributed by atoms with van der Waals surface area (Å²) in [6.45, 7) is 1.98. The number of aryl methyl sites for hydroxylation is 1. The highest BCUT2D eigenvalue weighted by molar-refractivity contribution is 8.00. The lowest BCUT2D eigenvalue weighted by Gasteiger charge is -2.10. The van der Waals surface area contributed by atoms with Gasteiger partial charge < -0.3 is 0 Å². The number of hydrogen-bond donors (Lipinski definition) is 3. The number of carbonyl (C=O) groups is 2. The zero-order valence-corrected chi connectivity index (χ0v) is 19.4. The highest BCUT2D eigenvalue weighted by Gasteiger charge is 2.16. The van der Waals surface area contributed by atoms with Crippen molar-refractivity contribution in [2.24, 2.45) is 0 Å². The second kappa shape index (κ2) is 10.5. The van der Waals surface area contributed by atoms with Crippen LogP contribution in [0.25, 0.3) is 0 Å². The van der Waals surface area contributed by atoms with Crippen LogP contribution in [0, 0.1) is 6.92 Å². The molecule has 3 aromatic rings. The third-order valence-corrected chi connectivity index (χ3v) is 6.97. The summed E-state index contributed by atoms with van der Waals surface area (Å²) >= 11 is 7.34. The van der Waals surface area contributed by atoms with Crippen molar-refractivity contribution in [3.8, 4) is 0 Å². The lowest BCUT2D eigenvalue weighted by atomic mass is 10.2. The maximum atomic E-state index is 12.5. The van der Waals surface area contributed by atoms with E-state index in [0.29, 0.717) is 0 Å². The van der Waals surface area contributed by atoms with Gasteiger partial charge in [0.25, 0.3) is 15.9 Å². The smallest absolute Gasteiger partial charge is 0.269 e. The molecule has 32 heavy (non-hydrogen) atoms. The van der Waals surface area contributed by atoms with Crippen LogP contribution in [-0.2, 0) is 14.8 Å². The highest BCUT2D eigenvalue weighted by atomic mass is 35.5. The molecule has 3 N–H and O–H groups in total. The van der Waals surface area contributed by atoms with E-state index in [1.54, 1.807) is 24.3 Å². The van der Waals surface area contributed by atoms with Gasteiger partial charge in [0, 0.05) is 10.5 Å². The molecular formula is C22H20ClN3O4S2. The molecule has 0 saturated heterocycles. The third-order valence-electron chi connectivity index (χ3n) is 4.25. The summed E-state index contributed by atoms with van der Waals surface area (Å²) in [7, 11) is -3.88. The molecule has 0 spiro atoms. The summed E-state index contributed by atoms with van der Waals surface area (Å²) in [4.78, 5) is 25.1. The van der Waals surface area contributed by atoms with Crippen LogP contribution in [-0.4, -0.2) is 26.0 Å². The monoisotopic (exact) mass is 489 g/mol. The number of benzene rings is 3. The summed E-state index contributed by atoms with van der Waals surface area (Å²) in [6.07, 6.45) is 0. The van der Waals surface area contributed by atoms with Crippen molar-refractivity contribution < 1.29 is 18.0 Å². The predicted molar refractivity (Wildman–Crippen MR) is 126 cm³/mol. The first-order valence-corrected chi connectivity index (χ1v) is 12.3. The Hall–Kier alpha value is -3.01. The van der Waals surface area contributed by atoms with Gasteiger partial charge >= 0.3 is 0 Å². The Kier molecular flexibility index (Phi) is 7.79. The van der Waals surface area contributed by atoms with Crippen LogP contribution in [0.1, 0.15) is 15.9 Å². The normalized spacial score (nSPS) is 10.9. The first-order valence-electron chi connectivity index (χ1n) is 9.41. The van der Waals surface area contributed by atoms with Crippen LogP contribution in [0.4, 0.5) is 5.69 Å². The van der Waals surface area contributed by atoms with Gasteiger partial charge in [-0.3, -0.25) is 25.2 Å². The summed E-state index contributed by atoms with van der Waals surface area (Å²) < 4.78 is 27.5. The van der Waals surface area contributed by atoms with Gasteiger partial charge in [0.1, 0.15) is 0 Å². The van der Waals surface area contributed by atoms with Crippen molar-refractivity contribution in [2.45, 2.75) is 16.7 Å². The minimum Gasteiger partial charge on any atom is -0.278 e. The molecule has 0 unspecified atom stereocenters. The van der Waals surface area contributed by atoms with E-state index < -0.39 is 15.9 Å². The molecule has 0 aliphatic carbocycles. The summed E-state index contributed by atoms with van der Waals surface area (Å²) in [5, 5.41) is 0.267. The molecule has 0 bridgehead atoms. The van der Waals surface area contributed by atoms with Gasteiger partial charge in [-0.25, -0.2) is 8.42 Å². The number of rotatable bonds is 7. The average Bonchev–Trinajstić information content (AvgIpc) is 2.78. The number of para-hydroxylation sites is 1. The molecule has 0 fully saturated rings. The van der Waals surface area contributed by atoms with Gasteiger partial charge in [0.05, 0.1) is 21.4 Å². The van der Waals surface area contributed by atoms with Gasteiger partial charge in [-0.15, -0.1) is 11.8 Å². The number of nitrogens with one attached hydrogen (secondary N) is 3. The first kappa shape index (κ1) is 23.6. The van der Waals surface area contributed by atoms with Crippen LogP contribution in [0.2, 0.25) is 5.02 Å². The van der Waals surface area contributed by atoms with E-state index in [9.17, 15) is 18.0 Å². The Morgan fingerprint density at radius 3 is 2.22 bits per heavy atom. The SMILES string of the molecule is Cc1ccc(SCC(=O)NNC(=O)c2ccc(S(=O)(=O)Nc3ccccc3Cl)cc2)cc1. The van der Waals surface area contributed by atoms with E-state index in [2.05, 4.69) is 15.6 Å². The number of carbonyl (C=O) groups excluding carboxylic acids is 2. The Morgan fingerprint density at radius 1 is 0.906 bits per heavy atom. The van der Waals surface area contributed by atoms with E-state index in [1.807, 2.05) is 31.2 Å². The van der Waals surface area contributed by atoms with Gasteiger partial charge in [-0.2, -0.15) is 0 Å². The minimum atomic E-state index is -3.88. The second-order valence-corrected chi connectivity index (χ2v) is 9.85. The van der Waals surface area contributed by atoms with E-state index in [-0.39, 0.29) is 32.8 Å². The lowest BCUT2D eigenvalue weighted by molar-refractivity contribution is -0.119. The molecule has 0 aromatic heterocycles. The fraction of sp³-hybridized carbons (Fsp3) is 0.0909. The molecule has 2 amide bonds. The fourth-order valence-corrected chi connectivity index (χ4v) is 4.57. The number of thioether (sulfide) groups is 1. The molecule has 0 radical (unpaired) electrons. The molecule has 0 heterocycles. The van der Waals surface area contributed by atoms with E-state index >= 15 is 0 Å². The Labute approximate surface area is 195 Å². The minimum absolute atomic E-state index is 0.0347. The van der Waals surface area contributed by atoms with Crippen molar-refractivity contribution in [1.82, 2.24) is 10.9 Å². The number of sulfonamides is 1. The Balaban J connectivity index is 1.53. The maximum Gasteiger partial charge on any atom is 0.269 e. The van der Waals surface area contributed by atoms with Crippen molar-refractivity contribution >= 4 is 50.9 Å². The van der Waals surface area contributed by atoms with Gasteiger partial charge in [0.15, 0.2) is 0 Å². The third kappa shape index (κ3) is 6.49. The molecular weight excluding hydrogens is 470 g/mol. The highest BCUT2D eigenvalue weighted by Crippen LogP contribution is 2.24. The molecule has 10 heteroatoms. The molecule has 0 aliphatic rings. The topological polar surface area (TPSA) is 104 Å². The van der Waals surface area contributed by atoms with Crippen LogP contribution in [0.3, 0.4) is 0 Å². The van der Waals surface area contributed by atoms with E-state index in [4.69, 9.17) is 11.6 Å². The Bertz CT molecular complexity index is 1210. The summed E-state index contributed by atoms with van der Waals surface area (Å²) in [6, 6.07) is 19.5. The average molecular weight is 490 g/mol. The summed E-state index contributed by atoms with van der Waals surface area (Å²) in [5.74, 6) is -0.803. The molecule has 3 rings (SSSR count). The number of anilines is 1. The lowest BCUT2D eigenvalue weighted by Crippen LogP contribution is -2.42. The molecule has 0 saturated carbocycles. The Morgan fingerprint density at radius 2 is 1.56 bits per heavy atom. The molecule has 7 nitrogen and oxygen atoms in total. The number of halogens is 1. The van der Waals surface area contributed by atoms with Crippen LogP contribution < -0.4 is 15.6 Å². The molecule has 0 atom stereocenters. The van der Waals surface area contributed by atoms with Crippen molar-refractivity contribution in [1.29, 1.82) is 0 Å². The zero-order chi connectivity index (χ0) is 23.1. The molecule has 0 aliphatic heterocycles. The number of hydrazine groups is 1. The quantitative estimate of drug-likeness (QED) is 0.343. The second-order valence-electron chi connectivity index (χ2n) is 6.71. The van der Waals surface area contributed by atoms with Crippen LogP contribution in [0.15, 0.2) is 82.6 Å². The number of hydrogen-bond acceptors (Lipinski definition) is 5. The van der Waals surface area contributed by atoms with Crippen molar-refractivity contribution in [3.05, 3.63) is 88.9 Å². The van der Waals surface area contributed by atoms with Gasteiger partial charge in [0.2, 0.25) is 5.91 Å². The van der Waals surface area contributed by atoms with Crippen molar-refractivity contribution in [2.75, 3.05) is 10.5 Å².